The van der Waals surface area contributed by atoms with Gasteiger partial charge in [-0.15, -0.1) is 0 Å². The summed E-state index contributed by atoms with van der Waals surface area (Å²) in [7, 11) is 0. The van der Waals surface area contributed by atoms with E-state index in [1.54, 1.807) is 0 Å². The van der Waals surface area contributed by atoms with Crippen LogP contribution < -0.4 is 9.47 Å². The highest BCUT2D eigenvalue weighted by Crippen LogP contribution is 2.59. The first-order valence-electron chi connectivity index (χ1n) is 7.96. The minimum Gasteiger partial charge on any atom is -0.488 e. The lowest BCUT2D eigenvalue weighted by atomic mass is 10.1. The van der Waals surface area contributed by atoms with Gasteiger partial charge in [0.15, 0.2) is 0 Å². The van der Waals surface area contributed by atoms with Gasteiger partial charge in [0.2, 0.25) is 0 Å². The van der Waals surface area contributed by atoms with Crippen molar-refractivity contribution in [2.24, 2.45) is 5.92 Å². The second-order valence-corrected chi connectivity index (χ2v) is 6.52. The number of carbonyl (C=O) groups is 1. The molecule has 2 aromatic carbocycles. The van der Waals surface area contributed by atoms with Gasteiger partial charge in [-0.25, -0.2) is 0 Å². The number of rotatable bonds is 3. The Balaban J connectivity index is 1.63. The molecule has 4 nitrogen and oxygen atoms in total. The lowest BCUT2D eigenvalue weighted by molar-refractivity contribution is -0.143. The van der Waals surface area contributed by atoms with Gasteiger partial charge in [-0.3, -0.25) is 4.79 Å². The molecule has 2 aromatic rings. The smallest absolute Gasteiger partial charge is 0.416 e. The van der Waals surface area contributed by atoms with E-state index >= 15 is 0 Å². The summed E-state index contributed by atoms with van der Waals surface area (Å²) in [6.45, 7) is 0. The number of hydrogen-bond acceptors (Lipinski definition) is 3. The third-order valence-corrected chi connectivity index (χ3v) is 4.64. The molecule has 10 heteroatoms. The molecule has 28 heavy (non-hydrogen) atoms. The molecule has 3 atom stereocenters. The summed E-state index contributed by atoms with van der Waals surface area (Å²) < 4.78 is 88.2. The zero-order valence-electron chi connectivity index (χ0n) is 13.6. The van der Waals surface area contributed by atoms with Crippen LogP contribution in [0.3, 0.4) is 0 Å². The Morgan fingerprint density at radius 2 is 1.54 bits per heavy atom. The van der Waals surface area contributed by atoms with E-state index in [0.29, 0.717) is 23.4 Å². The van der Waals surface area contributed by atoms with Crippen molar-refractivity contribution in [3.05, 3.63) is 53.1 Å². The standard InChI is InChI=1S/C18H10F6O4/c19-17(20,21)7-3-8(18(22,23)24)5-10(4-7)27-9-1-2-11-12(6-9)28-15-13(11)14(15)16(25)26/h1-6,13-15H,(H,25,26). The Morgan fingerprint density at radius 1 is 0.929 bits per heavy atom. The Labute approximate surface area is 153 Å². The van der Waals surface area contributed by atoms with Crippen molar-refractivity contribution in [3.63, 3.8) is 0 Å². The number of alkyl halides is 6. The molecule has 1 saturated carbocycles. The number of halogens is 6. The maximum atomic E-state index is 12.9. The first-order chi connectivity index (χ1) is 12.9. The third-order valence-electron chi connectivity index (χ3n) is 4.64. The minimum absolute atomic E-state index is 0.0121. The summed E-state index contributed by atoms with van der Waals surface area (Å²) in [5.41, 5.74) is -2.36. The molecule has 0 aromatic heterocycles. The molecule has 2 aliphatic rings. The molecule has 148 valence electrons. The topological polar surface area (TPSA) is 55.8 Å². The van der Waals surface area contributed by atoms with E-state index < -0.39 is 47.2 Å². The molecule has 4 rings (SSSR count). The highest BCUT2D eigenvalue weighted by atomic mass is 19.4. The van der Waals surface area contributed by atoms with Crippen molar-refractivity contribution in [1.82, 2.24) is 0 Å². The highest BCUT2D eigenvalue weighted by molar-refractivity contribution is 5.79. The molecule has 1 fully saturated rings. The first kappa shape index (κ1) is 18.5. The predicted molar refractivity (Wildman–Crippen MR) is 81.2 cm³/mol. The molecular formula is C18H10F6O4. The average Bonchev–Trinajstić information content (AvgIpc) is 3.16. The van der Waals surface area contributed by atoms with Gasteiger partial charge in [0.25, 0.3) is 0 Å². The average molecular weight is 404 g/mol. The number of carboxylic acids is 1. The van der Waals surface area contributed by atoms with Crippen LogP contribution in [-0.4, -0.2) is 17.2 Å². The van der Waals surface area contributed by atoms with Gasteiger partial charge in [0.05, 0.1) is 11.1 Å². The summed E-state index contributed by atoms with van der Waals surface area (Å²) in [5.74, 6) is -2.32. The summed E-state index contributed by atoms with van der Waals surface area (Å²) in [4.78, 5) is 11.0. The quantitative estimate of drug-likeness (QED) is 0.726. The zero-order chi connectivity index (χ0) is 20.4. The van der Waals surface area contributed by atoms with Crippen molar-refractivity contribution in [1.29, 1.82) is 0 Å². The van der Waals surface area contributed by atoms with Crippen LogP contribution in [0.15, 0.2) is 36.4 Å². The van der Waals surface area contributed by atoms with Gasteiger partial charge in [-0.05, 0) is 24.3 Å². The Bertz CT molecular complexity index is 933. The summed E-state index contributed by atoms with van der Waals surface area (Å²) in [6.07, 6.45) is -10.5. The van der Waals surface area contributed by atoms with Crippen molar-refractivity contribution in [2.45, 2.75) is 24.4 Å². The Morgan fingerprint density at radius 3 is 2.07 bits per heavy atom. The second kappa shape index (κ2) is 5.79. The maximum absolute atomic E-state index is 12.9. The first-order valence-corrected chi connectivity index (χ1v) is 7.96. The number of aliphatic carboxylic acids is 1. The summed E-state index contributed by atoms with van der Waals surface area (Å²) >= 11 is 0. The highest BCUT2D eigenvalue weighted by Gasteiger charge is 2.63. The molecule has 0 saturated heterocycles. The lowest BCUT2D eigenvalue weighted by Gasteiger charge is -2.15. The van der Waals surface area contributed by atoms with E-state index in [1.807, 2.05) is 0 Å². The van der Waals surface area contributed by atoms with Gasteiger partial charge in [0.1, 0.15) is 29.3 Å². The maximum Gasteiger partial charge on any atom is 0.416 e. The van der Waals surface area contributed by atoms with E-state index in [9.17, 15) is 31.1 Å². The fraction of sp³-hybridized carbons (Fsp3) is 0.278. The van der Waals surface area contributed by atoms with E-state index in [4.69, 9.17) is 14.6 Å². The predicted octanol–water partition coefficient (Wildman–Crippen LogP) is 5.08. The number of benzene rings is 2. The fourth-order valence-electron chi connectivity index (χ4n) is 3.32. The molecule has 1 heterocycles. The largest absolute Gasteiger partial charge is 0.488 e. The van der Waals surface area contributed by atoms with Crippen LogP contribution in [0.2, 0.25) is 0 Å². The SMILES string of the molecule is O=C(O)C1C2Oc3cc(Oc4cc(C(F)(F)F)cc(C(F)(F)F)c4)ccc3C21. The van der Waals surface area contributed by atoms with E-state index in [1.165, 1.54) is 18.2 Å². The van der Waals surface area contributed by atoms with Crippen LogP contribution in [0.4, 0.5) is 26.3 Å². The van der Waals surface area contributed by atoms with Gasteiger partial charge in [0, 0.05) is 17.5 Å². The van der Waals surface area contributed by atoms with E-state index in [0.717, 1.165) is 0 Å². The van der Waals surface area contributed by atoms with Gasteiger partial charge in [-0.1, -0.05) is 6.07 Å². The monoisotopic (exact) mass is 404 g/mol. The van der Waals surface area contributed by atoms with E-state index in [2.05, 4.69) is 0 Å². The molecule has 0 spiro atoms. The zero-order valence-corrected chi connectivity index (χ0v) is 13.6. The van der Waals surface area contributed by atoms with Crippen molar-refractivity contribution >= 4 is 5.97 Å². The molecule has 1 aliphatic carbocycles. The summed E-state index contributed by atoms with van der Waals surface area (Å²) in [5, 5.41) is 9.03. The Kier molecular flexibility index (Phi) is 3.82. The number of hydrogen-bond donors (Lipinski definition) is 1. The number of carboxylic acid groups (broad SMARTS) is 1. The molecule has 0 bridgehead atoms. The van der Waals surface area contributed by atoms with Crippen LogP contribution in [0.1, 0.15) is 22.6 Å². The fourth-order valence-corrected chi connectivity index (χ4v) is 3.32. The molecule has 1 N–H and O–H groups in total. The number of ether oxygens (including phenoxy) is 2. The second-order valence-electron chi connectivity index (χ2n) is 6.52. The molecule has 3 unspecified atom stereocenters. The van der Waals surface area contributed by atoms with Gasteiger partial charge in [-0.2, -0.15) is 26.3 Å². The van der Waals surface area contributed by atoms with Crippen LogP contribution in [0, 0.1) is 5.92 Å². The molecule has 0 radical (unpaired) electrons. The van der Waals surface area contributed by atoms with Crippen LogP contribution >= 0.6 is 0 Å². The molecule has 1 aliphatic heterocycles. The van der Waals surface area contributed by atoms with Crippen molar-refractivity contribution in [3.8, 4) is 17.2 Å². The number of fused-ring (bicyclic) bond motifs is 3. The lowest BCUT2D eigenvalue weighted by Crippen LogP contribution is -2.11. The van der Waals surface area contributed by atoms with E-state index in [-0.39, 0.29) is 17.7 Å². The molecular weight excluding hydrogens is 394 g/mol. The third kappa shape index (κ3) is 3.12. The van der Waals surface area contributed by atoms with Gasteiger partial charge >= 0.3 is 18.3 Å². The minimum atomic E-state index is -4.98. The van der Waals surface area contributed by atoms with Crippen LogP contribution in [-0.2, 0) is 17.1 Å². The molecule has 0 amide bonds. The normalized spacial score (nSPS) is 22.9. The van der Waals surface area contributed by atoms with Crippen molar-refractivity contribution < 1.29 is 45.7 Å². The van der Waals surface area contributed by atoms with Crippen LogP contribution in [0.25, 0.3) is 0 Å². The van der Waals surface area contributed by atoms with Crippen LogP contribution in [0.5, 0.6) is 17.2 Å². The van der Waals surface area contributed by atoms with Crippen molar-refractivity contribution in [2.75, 3.05) is 0 Å². The van der Waals surface area contributed by atoms with Gasteiger partial charge < -0.3 is 14.6 Å². The Hall–Kier alpha value is -2.91. The summed E-state index contributed by atoms with van der Waals surface area (Å²) in [6, 6.07) is 5.11.